The van der Waals surface area contributed by atoms with Crippen LogP contribution >= 0.6 is 0 Å². The Morgan fingerprint density at radius 1 is 1.09 bits per heavy atom. The summed E-state index contributed by atoms with van der Waals surface area (Å²) >= 11 is 0. The second-order valence-corrected chi connectivity index (χ2v) is 7.86. The summed E-state index contributed by atoms with van der Waals surface area (Å²) in [6, 6.07) is 6.86. The van der Waals surface area contributed by atoms with Gasteiger partial charge in [0.15, 0.2) is 0 Å². The van der Waals surface area contributed by atoms with Crippen molar-refractivity contribution >= 4 is 10.0 Å². The van der Waals surface area contributed by atoms with E-state index in [1.165, 1.54) is 0 Å². The third kappa shape index (κ3) is 4.03. The van der Waals surface area contributed by atoms with Crippen molar-refractivity contribution in [3.05, 3.63) is 24.3 Å². The van der Waals surface area contributed by atoms with Gasteiger partial charge in [0.05, 0.1) is 18.6 Å². The number of benzene rings is 1. The first kappa shape index (κ1) is 18.2. The molecular formula is C16H26N2O4S. The quantitative estimate of drug-likeness (QED) is 0.783. The summed E-state index contributed by atoms with van der Waals surface area (Å²) in [5, 5.41) is 0. The Bertz CT molecular complexity index is 591. The standard InChI is InChI=1S/C16H26N2O4S/c1-13-11-17(12-14(2)18(13)9-10-21-3)23(19,20)16-7-5-15(22-4)6-8-16/h5-8,13-14H,9-12H2,1-4H3. The number of rotatable bonds is 6. The summed E-state index contributed by atoms with van der Waals surface area (Å²) in [4.78, 5) is 2.60. The highest BCUT2D eigenvalue weighted by molar-refractivity contribution is 7.89. The Hall–Kier alpha value is -1.15. The molecule has 0 amide bonds. The highest BCUT2D eigenvalue weighted by Gasteiger charge is 2.35. The maximum absolute atomic E-state index is 12.8. The third-order valence-corrected chi connectivity index (χ3v) is 6.16. The van der Waals surface area contributed by atoms with Crippen molar-refractivity contribution < 1.29 is 17.9 Å². The van der Waals surface area contributed by atoms with Crippen molar-refractivity contribution in [3.8, 4) is 5.75 Å². The molecule has 1 aliphatic heterocycles. The lowest BCUT2D eigenvalue weighted by Crippen LogP contribution is -2.58. The van der Waals surface area contributed by atoms with E-state index >= 15 is 0 Å². The lowest BCUT2D eigenvalue weighted by Gasteiger charge is -2.43. The summed E-state index contributed by atoms with van der Waals surface area (Å²) in [7, 11) is -0.235. The van der Waals surface area contributed by atoms with Crippen LogP contribution in [0, 0.1) is 0 Å². The molecule has 1 heterocycles. The Balaban J connectivity index is 2.14. The van der Waals surface area contributed by atoms with Crippen molar-refractivity contribution in [2.45, 2.75) is 30.8 Å². The molecule has 1 aromatic rings. The number of ether oxygens (including phenoxy) is 2. The third-order valence-electron chi connectivity index (χ3n) is 4.32. The minimum atomic E-state index is -3.48. The zero-order chi connectivity index (χ0) is 17.0. The van der Waals surface area contributed by atoms with Crippen LogP contribution in [-0.4, -0.2) is 70.2 Å². The molecule has 6 nitrogen and oxygen atoms in total. The fraction of sp³-hybridized carbons (Fsp3) is 0.625. The van der Waals surface area contributed by atoms with Crippen molar-refractivity contribution in [1.82, 2.24) is 9.21 Å². The zero-order valence-corrected chi connectivity index (χ0v) is 15.0. The van der Waals surface area contributed by atoms with Crippen LogP contribution in [-0.2, 0) is 14.8 Å². The van der Waals surface area contributed by atoms with Crippen molar-refractivity contribution in [2.24, 2.45) is 0 Å². The normalized spacial score (nSPS) is 23.8. The van der Waals surface area contributed by atoms with E-state index in [4.69, 9.17) is 9.47 Å². The van der Waals surface area contributed by atoms with Crippen LogP contribution in [0.3, 0.4) is 0 Å². The van der Waals surface area contributed by atoms with Gasteiger partial charge in [-0.2, -0.15) is 4.31 Å². The summed E-state index contributed by atoms with van der Waals surface area (Å²) in [5.74, 6) is 0.648. The molecule has 0 spiro atoms. The highest BCUT2D eigenvalue weighted by atomic mass is 32.2. The monoisotopic (exact) mass is 342 g/mol. The fourth-order valence-corrected chi connectivity index (χ4v) is 4.64. The molecule has 0 aromatic heterocycles. The smallest absolute Gasteiger partial charge is 0.243 e. The first-order valence-electron chi connectivity index (χ1n) is 7.79. The number of sulfonamides is 1. The summed E-state index contributed by atoms with van der Waals surface area (Å²) in [6.45, 7) is 6.56. The predicted octanol–water partition coefficient (Wildman–Crippen LogP) is 1.42. The van der Waals surface area contributed by atoms with E-state index in [-0.39, 0.29) is 12.1 Å². The maximum atomic E-state index is 12.8. The van der Waals surface area contributed by atoms with Crippen LogP contribution in [0.1, 0.15) is 13.8 Å². The molecule has 1 fully saturated rings. The number of nitrogens with zero attached hydrogens (tertiary/aromatic N) is 2. The Labute approximate surface area is 139 Å². The number of hydrogen-bond acceptors (Lipinski definition) is 5. The van der Waals surface area contributed by atoms with Gasteiger partial charge in [-0.25, -0.2) is 8.42 Å². The molecule has 2 atom stereocenters. The van der Waals surface area contributed by atoms with Gasteiger partial charge >= 0.3 is 0 Å². The molecule has 2 unspecified atom stereocenters. The molecule has 1 aliphatic rings. The predicted molar refractivity (Wildman–Crippen MR) is 89.3 cm³/mol. The lowest BCUT2D eigenvalue weighted by molar-refractivity contribution is 0.0496. The number of piperazine rings is 1. The first-order chi connectivity index (χ1) is 10.9. The van der Waals surface area contributed by atoms with Crippen LogP contribution in [0.5, 0.6) is 5.75 Å². The van der Waals surface area contributed by atoms with Gasteiger partial charge in [0.25, 0.3) is 0 Å². The minimum absolute atomic E-state index is 0.155. The van der Waals surface area contributed by atoms with Crippen LogP contribution < -0.4 is 4.74 Å². The Morgan fingerprint density at radius 3 is 2.13 bits per heavy atom. The van der Waals surface area contributed by atoms with Gasteiger partial charge in [-0.3, -0.25) is 4.90 Å². The topological polar surface area (TPSA) is 59.1 Å². The van der Waals surface area contributed by atoms with Gasteiger partial charge in [0, 0.05) is 38.8 Å². The summed E-state index contributed by atoms with van der Waals surface area (Å²) in [5.41, 5.74) is 0. The zero-order valence-electron chi connectivity index (χ0n) is 14.2. The first-order valence-corrected chi connectivity index (χ1v) is 9.23. The van der Waals surface area contributed by atoms with Crippen LogP contribution in [0.15, 0.2) is 29.2 Å². The van der Waals surface area contributed by atoms with E-state index in [2.05, 4.69) is 18.7 Å². The van der Waals surface area contributed by atoms with Gasteiger partial charge in [-0.15, -0.1) is 0 Å². The van der Waals surface area contributed by atoms with Crippen LogP contribution in [0.25, 0.3) is 0 Å². The molecule has 0 radical (unpaired) electrons. The number of hydrogen-bond donors (Lipinski definition) is 0. The Morgan fingerprint density at radius 2 is 1.65 bits per heavy atom. The summed E-state index contributed by atoms with van der Waals surface area (Å²) < 4.78 is 37.5. The van der Waals surface area contributed by atoms with Crippen molar-refractivity contribution in [1.29, 1.82) is 0 Å². The average molecular weight is 342 g/mol. The molecule has 0 saturated carbocycles. The molecule has 0 N–H and O–H groups in total. The van der Waals surface area contributed by atoms with E-state index in [0.717, 1.165) is 6.54 Å². The number of methoxy groups -OCH3 is 2. The van der Waals surface area contributed by atoms with Gasteiger partial charge in [-0.05, 0) is 38.1 Å². The molecule has 0 bridgehead atoms. The van der Waals surface area contributed by atoms with E-state index in [9.17, 15) is 8.42 Å². The fourth-order valence-electron chi connectivity index (χ4n) is 3.04. The molecule has 130 valence electrons. The average Bonchev–Trinajstić information content (AvgIpc) is 2.54. The van der Waals surface area contributed by atoms with E-state index < -0.39 is 10.0 Å². The molecule has 2 rings (SSSR count). The summed E-state index contributed by atoms with van der Waals surface area (Å²) in [6.07, 6.45) is 0. The van der Waals surface area contributed by atoms with Gasteiger partial charge < -0.3 is 9.47 Å². The highest BCUT2D eigenvalue weighted by Crippen LogP contribution is 2.24. The van der Waals surface area contributed by atoms with Crippen molar-refractivity contribution in [3.63, 3.8) is 0 Å². The van der Waals surface area contributed by atoms with Gasteiger partial charge in [-0.1, -0.05) is 0 Å². The molecule has 0 aliphatic carbocycles. The molecule has 1 aromatic carbocycles. The molecule has 23 heavy (non-hydrogen) atoms. The van der Waals surface area contributed by atoms with Crippen LogP contribution in [0.4, 0.5) is 0 Å². The SMILES string of the molecule is COCCN1C(C)CN(S(=O)(=O)c2ccc(OC)cc2)CC1C. The van der Waals surface area contributed by atoms with E-state index in [0.29, 0.717) is 30.3 Å². The van der Waals surface area contributed by atoms with E-state index in [1.807, 2.05) is 0 Å². The Kier molecular flexibility index (Phi) is 6.02. The largest absolute Gasteiger partial charge is 0.497 e. The molecule has 7 heteroatoms. The van der Waals surface area contributed by atoms with Crippen molar-refractivity contribution in [2.75, 3.05) is 40.5 Å². The molecule has 1 saturated heterocycles. The maximum Gasteiger partial charge on any atom is 0.243 e. The minimum Gasteiger partial charge on any atom is -0.497 e. The lowest BCUT2D eigenvalue weighted by atomic mass is 10.1. The molecular weight excluding hydrogens is 316 g/mol. The second kappa shape index (κ2) is 7.61. The van der Waals surface area contributed by atoms with E-state index in [1.54, 1.807) is 42.8 Å². The van der Waals surface area contributed by atoms with Gasteiger partial charge in [0.1, 0.15) is 5.75 Å². The second-order valence-electron chi connectivity index (χ2n) is 5.93. The van der Waals surface area contributed by atoms with Gasteiger partial charge in [0.2, 0.25) is 10.0 Å². The van der Waals surface area contributed by atoms with Crippen LogP contribution in [0.2, 0.25) is 0 Å².